The molecular weight excluding hydrogens is 164 g/mol. The molecule has 0 aromatic heterocycles. The van der Waals surface area contributed by atoms with E-state index >= 15 is 0 Å². The fourth-order valence-electron chi connectivity index (χ4n) is 0.934. The van der Waals surface area contributed by atoms with Crippen molar-refractivity contribution in [3.63, 3.8) is 0 Å². The highest BCUT2D eigenvalue weighted by Crippen LogP contribution is 1.97. The van der Waals surface area contributed by atoms with E-state index in [1.54, 1.807) is 0 Å². The van der Waals surface area contributed by atoms with E-state index in [0.717, 1.165) is 4.90 Å². The summed E-state index contributed by atoms with van der Waals surface area (Å²) in [5, 5.41) is 19.9. The van der Waals surface area contributed by atoms with E-state index in [0.29, 0.717) is 18.9 Å². The molecule has 6 heteroatoms. The van der Waals surface area contributed by atoms with Gasteiger partial charge in [0.25, 0.3) is 0 Å². The van der Waals surface area contributed by atoms with Crippen molar-refractivity contribution >= 4 is 11.8 Å². The first-order valence-electron chi connectivity index (χ1n) is 3.49. The normalized spacial score (nSPS) is 22.3. The van der Waals surface area contributed by atoms with Crippen molar-refractivity contribution in [3.8, 4) is 0 Å². The second-order valence-electron chi connectivity index (χ2n) is 2.42. The second-order valence-corrected chi connectivity index (χ2v) is 2.42. The Bertz CT molecular complexity index is 204. The maximum atomic E-state index is 10.5. The van der Waals surface area contributed by atoms with Gasteiger partial charge in [0.2, 0.25) is 0 Å². The minimum absolute atomic E-state index is 0.117. The van der Waals surface area contributed by atoms with Gasteiger partial charge in [0, 0.05) is 6.54 Å². The average Bonchev–Trinajstić information content (AvgIpc) is 2.28. The minimum atomic E-state index is -1.03. The van der Waals surface area contributed by atoms with Gasteiger partial charge in [0.05, 0.1) is 19.8 Å². The molecule has 1 aliphatic heterocycles. The van der Waals surface area contributed by atoms with Gasteiger partial charge in [-0.2, -0.15) is 0 Å². The molecule has 68 valence electrons. The van der Waals surface area contributed by atoms with Crippen molar-refractivity contribution in [2.24, 2.45) is 5.16 Å². The van der Waals surface area contributed by atoms with Gasteiger partial charge in [-0.1, -0.05) is 5.16 Å². The summed E-state index contributed by atoms with van der Waals surface area (Å²) in [4.78, 5) is 11.6. The van der Waals surface area contributed by atoms with Crippen molar-refractivity contribution in [1.82, 2.24) is 4.90 Å². The molecule has 6 nitrogen and oxygen atoms in total. The Morgan fingerprint density at radius 1 is 1.67 bits per heavy atom. The smallest absolute Gasteiger partial charge is 0.407 e. The molecule has 12 heavy (non-hydrogen) atoms. The van der Waals surface area contributed by atoms with Crippen LogP contribution >= 0.6 is 0 Å². The van der Waals surface area contributed by atoms with E-state index in [2.05, 4.69) is 5.16 Å². The number of ether oxygens (including phenoxy) is 1. The summed E-state index contributed by atoms with van der Waals surface area (Å²) in [6, 6.07) is 0. The maximum Gasteiger partial charge on any atom is 0.407 e. The van der Waals surface area contributed by atoms with Crippen LogP contribution in [0.25, 0.3) is 0 Å². The molecule has 1 saturated heterocycles. The van der Waals surface area contributed by atoms with Crippen LogP contribution in [0.4, 0.5) is 4.79 Å². The first-order valence-corrected chi connectivity index (χ1v) is 3.49. The lowest BCUT2D eigenvalue weighted by molar-refractivity contribution is 0.129. The molecule has 0 saturated carbocycles. The van der Waals surface area contributed by atoms with Gasteiger partial charge in [-0.15, -0.1) is 0 Å². The van der Waals surface area contributed by atoms with E-state index in [1.165, 1.54) is 0 Å². The molecule has 0 aromatic rings. The van der Waals surface area contributed by atoms with Crippen LogP contribution in [0.2, 0.25) is 0 Å². The number of rotatable bonds is 0. The summed E-state index contributed by atoms with van der Waals surface area (Å²) in [7, 11) is 0. The Morgan fingerprint density at radius 3 is 3.00 bits per heavy atom. The van der Waals surface area contributed by atoms with E-state index in [4.69, 9.17) is 15.1 Å². The predicted molar refractivity (Wildman–Crippen MR) is 39.6 cm³/mol. The van der Waals surface area contributed by atoms with Crippen molar-refractivity contribution in [2.45, 2.75) is 0 Å². The van der Waals surface area contributed by atoms with Gasteiger partial charge < -0.3 is 20.0 Å². The summed E-state index contributed by atoms with van der Waals surface area (Å²) in [5.41, 5.74) is 0.329. The standard InChI is InChI=1S/C6H10N2O4/c9-6(10)8-1-2-12-4-5(3-8)7-11/h11H,1-4H2,(H,9,10)/b7-5+. The maximum absolute atomic E-state index is 10.5. The third-order valence-electron chi connectivity index (χ3n) is 1.56. The van der Waals surface area contributed by atoms with Crippen molar-refractivity contribution < 1.29 is 19.8 Å². The first-order chi connectivity index (χ1) is 5.74. The highest BCUT2D eigenvalue weighted by atomic mass is 16.5. The van der Waals surface area contributed by atoms with Gasteiger partial charge in [0.15, 0.2) is 0 Å². The number of amides is 1. The van der Waals surface area contributed by atoms with Crippen LogP contribution in [0.5, 0.6) is 0 Å². The summed E-state index contributed by atoms with van der Waals surface area (Å²) >= 11 is 0. The zero-order valence-corrected chi connectivity index (χ0v) is 6.43. The van der Waals surface area contributed by atoms with Gasteiger partial charge in [-0.3, -0.25) is 0 Å². The molecule has 0 aliphatic carbocycles. The third-order valence-corrected chi connectivity index (χ3v) is 1.56. The third kappa shape index (κ3) is 2.09. The van der Waals surface area contributed by atoms with Crippen LogP contribution < -0.4 is 0 Å². The fraction of sp³-hybridized carbons (Fsp3) is 0.667. The number of carboxylic acid groups (broad SMARTS) is 1. The van der Waals surface area contributed by atoms with Crippen LogP contribution in [-0.4, -0.2) is 53.3 Å². The molecule has 0 aromatic carbocycles. The van der Waals surface area contributed by atoms with Gasteiger partial charge in [-0.05, 0) is 0 Å². The SMILES string of the molecule is O=C(O)N1CCOC/C(=N/O)C1. The number of hydrogen-bond donors (Lipinski definition) is 2. The molecule has 0 bridgehead atoms. The lowest BCUT2D eigenvalue weighted by Gasteiger charge is -2.14. The highest BCUT2D eigenvalue weighted by molar-refractivity contribution is 5.89. The molecule has 1 fully saturated rings. The molecule has 2 N–H and O–H groups in total. The minimum Gasteiger partial charge on any atom is -0.465 e. The monoisotopic (exact) mass is 174 g/mol. The number of hydrogen-bond acceptors (Lipinski definition) is 4. The second kappa shape index (κ2) is 3.91. The summed E-state index contributed by atoms with van der Waals surface area (Å²) in [6.07, 6.45) is -1.03. The van der Waals surface area contributed by atoms with Crippen molar-refractivity contribution in [3.05, 3.63) is 0 Å². The number of carbonyl (C=O) groups is 1. The molecule has 0 atom stereocenters. The van der Waals surface area contributed by atoms with Gasteiger partial charge in [-0.25, -0.2) is 4.79 Å². The molecule has 0 radical (unpaired) electrons. The van der Waals surface area contributed by atoms with E-state index in [-0.39, 0.29) is 13.2 Å². The zero-order valence-electron chi connectivity index (χ0n) is 6.43. The molecule has 1 heterocycles. The van der Waals surface area contributed by atoms with Crippen molar-refractivity contribution in [1.29, 1.82) is 0 Å². The average molecular weight is 174 g/mol. The van der Waals surface area contributed by atoms with Crippen LogP contribution in [0.1, 0.15) is 0 Å². The molecule has 0 unspecified atom stereocenters. The molecule has 0 spiro atoms. The molecule has 1 amide bonds. The van der Waals surface area contributed by atoms with Crippen LogP contribution in [0, 0.1) is 0 Å². The quantitative estimate of drug-likeness (QED) is 0.394. The summed E-state index contributed by atoms with van der Waals surface area (Å²) < 4.78 is 4.98. The number of nitrogens with zero attached hydrogens (tertiary/aromatic N) is 2. The zero-order chi connectivity index (χ0) is 8.97. The molecular formula is C6H10N2O4. The first kappa shape index (κ1) is 8.79. The lowest BCUT2D eigenvalue weighted by Crippen LogP contribution is -2.34. The lowest BCUT2D eigenvalue weighted by atomic mass is 10.4. The predicted octanol–water partition coefficient (Wildman–Crippen LogP) is -0.173. The van der Waals surface area contributed by atoms with Gasteiger partial charge >= 0.3 is 6.09 Å². The van der Waals surface area contributed by atoms with Crippen LogP contribution in [-0.2, 0) is 4.74 Å². The Kier molecular flexibility index (Phi) is 2.87. The van der Waals surface area contributed by atoms with Crippen molar-refractivity contribution in [2.75, 3.05) is 26.3 Å². The van der Waals surface area contributed by atoms with Crippen LogP contribution in [0.15, 0.2) is 5.16 Å². The Hall–Kier alpha value is -1.30. The van der Waals surface area contributed by atoms with E-state index in [9.17, 15) is 4.79 Å². The number of oxime groups is 1. The molecule has 1 rings (SSSR count). The topological polar surface area (TPSA) is 82.4 Å². The Labute approximate surface area is 69.0 Å². The Balaban J connectivity index is 2.59. The highest BCUT2D eigenvalue weighted by Gasteiger charge is 2.18. The fourth-order valence-corrected chi connectivity index (χ4v) is 0.934. The van der Waals surface area contributed by atoms with E-state index in [1.807, 2.05) is 0 Å². The molecule has 1 aliphatic rings. The Morgan fingerprint density at radius 2 is 2.42 bits per heavy atom. The van der Waals surface area contributed by atoms with Gasteiger partial charge in [0.1, 0.15) is 5.71 Å². The van der Waals surface area contributed by atoms with E-state index < -0.39 is 6.09 Å². The van der Waals surface area contributed by atoms with Crippen LogP contribution in [0.3, 0.4) is 0 Å². The summed E-state index contributed by atoms with van der Waals surface area (Å²) in [5.74, 6) is 0. The summed E-state index contributed by atoms with van der Waals surface area (Å²) in [6.45, 7) is 0.964. The largest absolute Gasteiger partial charge is 0.465 e.